The van der Waals surface area contributed by atoms with Crippen LogP contribution in [0.4, 0.5) is 0 Å². The number of amides is 1. The van der Waals surface area contributed by atoms with Crippen LogP contribution in [0.2, 0.25) is 0 Å². The summed E-state index contributed by atoms with van der Waals surface area (Å²) in [6.45, 7) is 6.62. The molecular weight excluding hydrogens is 196 g/mol. The predicted molar refractivity (Wildman–Crippen MR) is 58.6 cm³/mol. The Morgan fingerprint density at radius 1 is 1.50 bits per heavy atom. The fourth-order valence-electron chi connectivity index (χ4n) is 1.68. The molecule has 2 aliphatic rings. The number of thioether (sulfide) groups is 1. The molecule has 1 fully saturated rings. The maximum absolute atomic E-state index is 11.3. The zero-order valence-electron chi connectivity index (χ0n) is 8.73. The van der Waals surface area contributed by atoms with Gasteiger partial charge in [0.2, 0.25) is 5.91 Å². The number of β-lactam (4-membered cyclic amide) rings is 1. The highest BCUT2D eigenvalue weighted by molar-refractivity contribution is 8.00. The van der Waals surface area contributed by atoms with E-state index >= 15 is 0 Å². The number of hydrogen-bond donors (Lipinski definition) is 1. The molecule has 14 heavy (non-hydrogen) atoms. The third-order valence-corrected chi connectivity index (χ3v) is 4.64. The van der Waals surface area contributed by atoms with Gasteiger partial charge in [0.15, 0.2) is 0 Å². The molecule has 2 rings (SSSR count). The SMILES string of the molecule is CC(C)(C)C1C=CN2C(=O)C(N)[C@H]2S1. The third-order valence-electron chi connectivity index (χ3n) is 2.68. The van der Waals surface area contributed by atoms with Crippen molar-refractivity contribution in [1.29, 1.82) is 0 Å². The van der Waals surface area contributed by atoms with E-state index in [9.17, 15) is 4.79 Å². The van der Waals surface area contributed by atoms with Crippen LogP contribution in [-0.4, -0.2) is 27.5 Å². The Morgan fingerprint density at radius 2 is 2.14 bits per heavy atom. The molecule has 3 nitrogen and oxygen atoms in total. The summed E-state index contributed by atoms with van der Waals surface area (Å²) < 4.78 is 0. The Balaban J connectivity index is 2.14. The number of fused-ring (bicyclic) bond motifs is 1. The second-order valence-corrected chi connectivity index (χ2v) is 6.19. The average Bonchev–Trinajstić information content (AvgIpc) is 2.14. The highest BCUT2D eigenvalue weighted by Crippen LogP contribution is 2.42. The molecule has 2 unspecified atom stereocenters. The number of carbonyl (C=O) groups is 1. The molecule has 0 spiro atoms. The monoisotopic (exact) mass is 212 g/mol. The first kappa shape index (κ1) is 10.1. The van der Waals surface area contributed by atoms with Gasteiger partial charge in [0.05, 0.1) is 0 Å². The van der Waals surface area contributed by atoms with Crippen LogP contribution in [0.25, 0.3) is 0 Å². The van der Waals surface area contributed by atoms with Gasteiger partial charge in [-0.2, -0.15) is 0 Å². The second-order valence-electron chi connectivity index (χ2n) is 4.93. The van der Waals surface area contributed by atoms with Gasteiger partial charge in [-0.3, -0.25) is 4.79 Å². The highest BCUT2D eigenvalue weighted by Gasteiger charge is 2.48. The van der Waals surface area contributed by atoms with Gasteiger partial charge in [-0.25, -0.2) is 0 Å². The van der Waals surface area contributed by atoms with Crippen molar-refractivity contribution in [1.82, 2.24) is 4.90 Å². The lowest BCUT2D eigenvalue weighted by Gasteiger charge is -2.48. The molecule has 0 radical (unpaired) electrons. The van der Waals surface area contributed by atoms with E-state index in [1.54, 1.807) is 16.7 Å². The number of nitrogens with zero attached hydrogens (tertiary/aromatic N) is 1. The first-order chi connectivity index (χ1) is 6.41. The van der Waals surface area contributed by atoms with Crippen molar-refractivity contribution >= 4 is 17.7 Å². The van der Waals surface area contributed by atoms with Gasteiger partial charge in [-0.15, -0.1) is 11.8 Å². The van der Waals surface area contributed by atoms with Gasteiger partial charge in [0, 0.05) is 11.4 Å². The lowest BCUT2D eigenvalue weighted by molar-refractivity contribution is -0.140. The first-order valence-corrected chi connectivity index (χ1v) is 5.77. The van der Waals surface area contributed by atoms with Gasteiger partial charge in [-0.1, -0.05) is 26.8 Å². The second kappa shape index (κ2) is 3.00. The van der Waals surface area contributed by atoms with Crippen LogP contribution < -0.4 is 5.73 Å². The Labute approximate surface area is 88.7 Å². The van der Waals surface area contributed by atoms with E-state index in [1.165, 1.54) is 0 Å². The minimum absolute atomic E-state index is 0.0473. The first-order valence-electron chi connectivity index (χ1n) is 4.83. The molecule has 2 aliphatic heterocycles. The Hall–Kier alpha value is -0.480. The van der Waals surface area contributed by atoms with E-state index in [1.807, 2.05) is 6.20 Å². The molecule has 3 atom stereocenters. The van der Waals surface area contributed by atoms with Crippen LogP contribution in [0.15, 0.2) is 12.3 Å². The smallest absolute Gasteiger partial charge is 0.247 e. The summed E-state index contributed by atoms with van der Waals surface area (Å²) in [4.78, 5) is 13.0. The number of nitrogens with two attached hydrogens (primary N) is 1. The number of rotatable bonds is 0. The third kappa shape index (κ3) is 1.37. The predicted octanol–water partition coefficient (Wildman–Crippen LogP) is 1.16. The van der Waals surface area contributed by atoms with Crippen LogP contribution in [0.3, 0.4) is 0 Å². The Bertz CT molecular complexity index is 295. The number of hydrogen-bond acceptors (Lipinski definition) is 3. The van der Waals surface area contributed by atoms with Gasteiger partial charge in [0.1, 0.15) is 11.4 Å². The Kier molecular flexibility index (Phi) is 2.16. The molecule has 0 aromatic heterocycles. The normalized spacial score (nSPS) is 36.7. The molecule has 0 bridgehead atoms. The maximum atomic E-state index is 11.3. The molecular formula is C10H16N2OS. The highest BCUT2D eigenvalue weighted by atomic mass is 32.2. The molecule has 1 saturated heterocycles. The van der Waals surface area contributed by atoms with Crippen molar-refractivity contribution in [3.63, 3.8) is 0 Å². The molecule has 0 aromatic carbocycles. The van der Waals surface area contributed by atoms with Crippen LogP contribution in [0, 0.1) is 5.41 Å². The summed E-state index contributed by atoms with van der Waals surface area (Å²) in [7, 11) is 0. The quantitative estimate of drug-likeness (QED) is 0.613. The fraction of sp³-hybridized carbons (Fsp3) is 0.700. The van der Waals surface area contributed by atoms with E-state index < -0.39 is 0 Å². The zero-order chi connectivity index (χ0) is 10.5. The summed E-state index contributed by atoms with van der Waals surface area (Å²) >= 11 is 1.79. The molecule has 78 valence electrons. The van der Waals surface area contributed by atoms with Crippen molar-refractivity contribution in [3.05, 3.63) is 12.3 Å². The largest absolute Gasteiger partial charge is 0.317 e. The van der Waals surface area contributed by atoms with Gasteiger partial charge >= 0.3 is 0 Å². The minimum Gasteiger partial charge on any atom is -0.317 e. The lowest BCUT2D eigenvalue weighted by atomic mass is 9.91. The Morgan fingerprint density at radius 3 is 2.71 bits per heavy atom. The van der Waals surface area contributed by atoms with E-state index in [0.29, 0.717) is 5.25 Å². The van der Waals surface area contributed by atoms with Crippen molar-refractivity contribution in [2.75, 3.05) is 0 Å². The molecule has 0 saturated carbocycles. The van der Waals surface area contributed by atoms with Crippen LogP contribution in [0.5, 0.6) is 0 Å². The maximum Gasteiger partial charge on any atom is 0.247 e. The van der Waals surface area contributed by atoms with E-state index in [2.05, 4.69) is 26.8 Å². The molecule has 1 amide bonds. The van der Waals surface area contributed by atoms with Crippen molar-refractivity contribution in [3.8, 4) is 0 Å². The van der Waals surface area contributed by atoms with Crippen LogP contribution in [-0.2, 0) is 4.79 Å². The summed E-state index contributed by atoms with van der Waals surface area (Å²) in [6.07, 6.45) is 3.99. The zero-order valence-corrected chi connectivity index (χ0v) is 9.54. The van der Waals surface area contributed by atoms with E-state index in [-0.39, 0.29) is 22.7 Å². The molecule has 0 aliphatic carbocycles. The van der Waals surface area contributed by atoms with Crippen molar-refractivity contribution < 1.29 is 4.79 Å². The van der Waals surface area contributed by atoms with Crippen molar-refractivity contribution in [2.24, 2.45) is 11.1 Å². The van der Waals surface area contributed by atoms with E-state index in [4.69, 9.17) is 5.73 Å². The summed E-state index contributed by atoms with van der Waals surface area (Å²) in [5, 5.41) is 0.611. The fourth-order valence-corrected chi connectivity index (χ4v) is 3.14. The van der Waals surface area contributed by atoms with E-state index in [0.717, 1.165) is 0 Å². The molecule has 2 N–H and O–H groups in total. The standard InChI is InChI=1S/C10H16N2OS/c1-10(2,3)6-4-5-12-8(13)7(11)9(12)14-6/h4-7,9H,11H2,1-3H3/t6?,7?,9-/m1/s1. The molecule has 4 heteroatoms. The summed E-state index contributed by atoms with van der Waals surface area (Å²) in [6, 6.07) is -0.296. The number of carbonyl (C=O) groups excluding carboxylic acids is 1. The lowest BCUT2D eigenvalue weighted by Crippen LogP contribution is -2.66. The molecule has 2 heterocycles. The van der Waals surface area contributed by atoms with Crippen LogP contribution in [0.1, 0.15) is 20.8 Å². The average molecular weight is 212 g/mol. The topological polar surface area (TPSA) is 46.3 Å². The van der Waals surface area contributed by atoms with Gasteiger partial charge in [0.25, 0.3) is 0 Å². The minimum atomic E-state index is -0.296. The van der Waals surface area contributed by atoms with Crippen molar-refractivity contribution in [2.45, 2.75) is 37.4 Å². The van der Waals surface area contributed by atoms with Gasteiger partial charge in [-0.05, 0) is 5.41 Å². The van der Waals surface area contributed by atoms with Crippen LogP contribution >= 0.6 is 11.8 Å². The summed E-state index contributed by atoms with van der Waals surface area (Å²) in [5.74, 6) is 0.0473. The summed E-state index contributed by atoms with van der Waals surface area (Å²) in [5.41, 5.74) is 5.96. The van der Waals surface area contributed by atoms with Gasteiger partial charge < -0.3 is 10.6 Å². The molecule has 0 aromatic rings.